The first-order valence-corrected chi connectivity index (χ1v) is 8.56. The zero-order chi connectivity index (χ0) is 16.8. The molecule has 3 heteroatoms. The Bertz CT molecular complexity index is 694. The summed E-state index contributed by atoms with van der Waals surface area (Å²) in [6, 6.07) is 12.6. The van der Waals surface area contributed by atoms with Gasteiger partial charge in [0.1, 0.15) is 12.4 Å². The molecule has 0 amide bonds. The standard InChI is InChI=1S/C20H25NOS/c1-5-16-10-11-19(15(4)12-16)22-13-17-14(3)8-7-9-18(17)21-20(23)6-2/h7-12H,5-6,13H2,1-4H3,(H,21,23). The summed E-state index contributed by atoms with van der Waals surface area (Å²) in [6.07, 6.45) is 1.88. The molecule has 0 saturated carbocycles. The summed E-state index contributed by atoms with van der Waals surface area (Å²) in [5.74, 6) is 0.939. The van der Waals surface area contributed by atoms with E-state index in [1.807, 2.05) is 6.07 Å². The molecule has 0 radical (unpaired) electrons. The smallest absolute Gasteiger partial charge is 0.122 e. The van der Waals surface area contributed by atoms with Crippen LogP contribution in [0.3, 0.4) is 0 Å². The highest BCUT2D eigenvalue weighted by Gasteiger charge is 2.09. The molecule has 1 N–H and O–H groups in total. The van der Waals surface area contributed by atoms with E-state index >= 15 is 0 Å². The minimum absolute atomic E-state index is 0.535. The number of ether oxygens (including phenoxy) is 1. The molecule has 0 spiro atoms. The molecular formula is C20H25NOS. The summed E-state index contributed by atoms with van der Waals surface area (Å²) in [4.78, 5) is 0.848. The van der Waals surface area contributed by atoms with E-state index < -0.39 is 0 Å². The maximum atomic E-state index is 6.08. The van der Waals surface area contributed by atoms with Crippen molar-refractivity contribution in [3.8, 4) is 5.75 Å². The average Bonchev–Trinajstić information content (AvgIpc) is 2.55. The molecule has 122 valence electrons. The fourth-order valence-corrected chi connectivity index (χ4v) is 2.60. The second-order valence-corrected chi connectivity index (χ2v) is 6.24. The molecule has 2 aromatic rings. The highest BCUT2D eigenvalue weighted by atomic mass is 32.1. The first-order valence-electron chi connectivity index (χ1n) is 8.15. The van der Waals surface area contributed by atoms with Crippen molar-refractivity contribution in [3.63, 3.8) is 0 Å². The van der Waals surface area contributed by atoms with Crippen LogP contribution in [0.15, 0.2) is 36.4 Å². The van der Waals surface area contributed by atoms with E-state index in [-0.39, 0.29) is 0 Å². The molecule has 2 aromatic carbocycles. The quantitative estimate of drug-likeness (QED) is 0.698. The monoisotopic (exact) mass is 327 g/mol. The number of hydrogen-bond donors (Lipinski definition) is 1. The Balaban J connectivity index is 2.18. The molecule has 0 bridgehead atoms. The molecule has 0 aliphatic carbocycles. The van der Waals surface area contributed by atoms with Gasteiger partial charge >= 0.3 is 0 Å². The van der Waals surface area contributed by atoms with E-state index in [1.165, 1.54) is 16.7 Å². The van der Waals surface area contributed by atoms with Crippen LogP contribution >= 0.6 is 12.2 Å². The maximum absolute atomic E-state index is 6.08. The van der Waals surface area contributed by atoms with Crippen LogP contribution in [0.4, 0.5) is 5.69 Å². The van der Waals surface area contributed by atoms with Gasteiger partial charge in [0.2, 0.25) is 0 Å². The van der Waals surface area contributed by atoms with Crippen molar-refractivity contribution >= 4 is 22.9 Å². The van der Waals surface area contributed by atoms with Gasteiger partial charge in [-0.1, -0.05) is 50.3 Å². The van der Waals surface area contributed by atoms with Crippen LogP contribution in [-0.4, -0.2) is 4.99 Å². The highest BCUT2D eigenvalue weighted by molar-refractivity contribution is 7.80. The van der Waals surface area contributed by atoms with Crippen molar-refractivity contribution in [3.05, 3.63) is 58.7 Å². The Hall–Kier alpha value is -1.87. The summed E-state index contributed by atoms with van der Waals surface area (Å²) in [5, 5.41) is 3.32. The van der Waals surface area contributed by atoms with Crippen LogP contribution in [0.1, 0.15) is 42.5 Å². The molecule has 0 saturated heterocycles. The maximum Gasteiger partial charge on any atom is 0.122 e. The molecule has 0 fully saturated rings. The lowest BCUT2D eigenvalue weighted by Crippen LogP contribution is -2.11. The lowest BCUT2D eigenvalue weighted by Gasteiger charge is -2.16. The van der Waals surface area contributed by atoms with Gasteiger partial charge in [0.25, 0.3) is 0 Å². The summed E-state index contributed by atoms with van der Waals surface area (Å²) in [5.41, 5.74) is 5.91. The van der Waals surface area contributed by atoms with Gasteiger partial charge in [0, 0.05) is 11.3 Å². The summed E-state index contributed by atoms with van der Waals surface area (Å²) in [6.45, 7) is 8.95. The highest BCUT2D eigenvalue weighted by Crippen LogP contribution is 2.25. The number of nitrogens with one attached hydrogen (secondary N) is 1. The first-order chi connectivity index (χ1) is 11.0. The van der Waals surface area contributed by atoms with Crippen LogP contribution in [0.25, 0.3) is 0 Å². The number of hydrogen-bond acceptors (Lipinski definition) is 2. The minimum Gasteiger partial charge on any atom is -0.489 e. The van der Waals surface area contributed by atoms with Gasteiger partial charge in [-0.15, -0.1) is 0 Å². The lowest BCUT2D eigenvalue weighted by molar-refractivity contribution is 0.304. The fraction of sp³-hybridized carbons (Fsp3) is 0.350. The van der Waals surface area contributed by atoms with E-state index in [2.05, 4.69) is 63.3 Å². The van der Waals surface area contributed by atoms with Crippen LogP contribution in [0.2, 0.25) is 0 Å². The third-order valence-corrected chi connectivity index (χ3v) is 4.42. The molecule has 0 unspecified atom stereocenters. The van der Waals surface area contributed by atoms with E-state index in [0.29, 0.717) is 6.61 Å². The van der Waals surface area contributed by atoms with Gasteiger partial charge in [0.05, 0.1) is 4.99 Å². The Morgan fingerprint density at radius 3 is 2.52 bits per heavy atom. The molecule has 0 atom stereocenters. The summed E-state index contributed by atoms with van der Waals surface area (Å²) >= 11 is 5.31. The molecule has 2 nitrogen and oxygen atoms in total. The Morgan fingerprint density at radius 2 is 1.87 bits per heavy atom. The summed E-state index contributed by atoms with van der Waals surface area (Å²) < 4.78 is 6.08. The summed E-state index contributed by atoms with van der Waals surface area (Å²) in [7, 11) is 0. The largest absolute Gasteiger partial charge is 0.489 e. The van der Waals surface area contributed by atoms with Crippen LogP contribution in [0.5, 0.6) is 5.75 Å². The normalized spacial score (nSPS) is 10.4. The van der Waals surface area contributed by atoms with Crippen molar-refractivity contribution < 1.29 is 4.74 Å². The van der Waals surface area contributed by atoms with E-state index in [1.54, 1.807) is 0 Å². The van der Waals surface area contributed by atoms with E-state index in [4.69, 9.17) is 17.0 Å². The SMILES string of the molecule is CCC(=S)Nc1cccc(C)c1COc1ccc(CC)cc1C. The third kappa shape index (κ3) is 4.55. The molecule has 0 aliphatic heterocycles. The first kappa shape index (κ1) is 17.5. The fourth-order valence-electron chi connectivity index (χ4n) is 2.49. The zero-order valence-corrected chi connectivity index (χ0v) is 15.2. The van der Waals surface area contributed by atoms with E-state index in [0.717, 1.165) is 34.8 Å². The van der Waals surface area contributed by atoms with Crippen LogP contribution in [0, 0.1) is 13.8 Å². The van der Waals surface area contributed by atoms with E-state index in [9.17, 15) is 0 Å². The predicted octanol–water partition coefficient (Wildman–Crippen LogP) is 5.59. The van der Waals surface area contributed by atoms with Gasteiger partial charge < -0.3 is 10.1 Å². The Morgan fingerprint density at radius 1 is 1.09 bits per heavy atom. The van der Waals surface area contributed by atoms with Crippen molar-refractivity contribution in [1.29, 1.82) is 0 Å². The molecule has 0 aromatic heterocycles. The number of anilines is 1. The number of aryl methyl sites for hydroxylation is 3. The minimum atomic E-state index is 0.535. The average molecular weight is 327 g/mol. The van der Waals surface area contributed by atoms with Crippen molar-refractivity contribution in [2.24, 2.45) is 0 Å². The van der Waals surface area contributed by atoms with Crippen LogP contribution < -0.4 is 10.1 Å². The van der Waals surface area contributed by atoms with Gasteiger partial charge in [0.15, 0.2) is 0 Å². The number of benzene rings is 2. The van der Waals surface area contributed by atoms with Crippen molar-refractivity contribution in [2.45, 2.75) is 47.1 Å². The second-order valence-electron chi connectivity index (χ2n) is 5.74. The molecule has 23 heavy (non-hydrogen) atoms. The Labute approximate surface area is 144 Å². The molecule has 0 aliphatic rings. The van der Waals surface area contributed by atoms with Gasteiger partial charge in [-0.25, -0.2) is 0 Å². The topological polar surface area (TPSA) is 21.3 Å². The molecule has 0 heterocycles. The van der Waals surface area contributed by atoms with Crippen molar-refractivity contribution in [1.82, 2.24) is 0 Å². The molecular weight excluding hydrogens is 302 g/mol. The van der Waals surface area contributed by atoms with Crippen LogP contribution in [-0.2, 0) is 13.0 Å². The van der Waals surface area contributed by atoms with Gasteiger partial charge in [-0.05, 0) is 55.5 Å². The van der Waals surface area contributed by atoms with Crippen molar-refractivity contribution in [2.75, 3.05) is 5.32 Å². The Kier molecular flexibility index (Phi) is 6.17. The third-order valence-electron chi connectivity index (χ3n) is 4.03. The zero-order valence-electron chi connectivity index (χ0n) is 14.4. The van der Waals surface area contributed by atoms with Gasteiger partial charge in [-0.2, -0.15) is 0 Å². The second kappa shape index (κ2) is 8.11. The number of thiocarbonyl (C=S) groups is 1. The number of rotatable bonds is 6. The lowest BCUT2D eigenvalue weighted by atomic mass is 10.1. The predicted molar refractivity (Wildman–Crippen MR) is 103 cm³/mol. The van der Waals surface area contributed by atoms with Gasteiger partial charge in [-0.3, -0.25) is 0 Å². The molecule has 2 rings (SSSR count).